The van der Waals surface area contributed by atoms with Gasteiger partial charge in [0, 0.05) is 19.1 Å². The highest BCUT2D eigenvalue weighted by atomic mass is 32.1. The first kappa shape index (κ1) is 11.7. The molecule has 0 amide bonds. The van der Waals surface area contributed by atoms with Gasteiger partial charge in [-0.25, -0.2) is 0 Å². The number of nitrogens with one attached hydrogen (secondary N) is 1. The first-order chi connectivity index (χ1) is 6.74. The molecule has 0 aliphatic heterocycles. The molecule has 0 spiro atoms. The Bertz CT molecular complexity index is 233. The third kappa shape index (κ3) is 3.78. The summed E-state index contributed by atoms with van der Waals surface area (Å²) in [6.45, 7) is 7.69. The summed E-state index contributed by atoms with van der Waals surface area (Å²) >= 11 is 1.76. The molecule has 0 saturated carbocycles. The zero-order valence-corrected chi connectivity index (χ0v) is 10.1. The van der Waals surface area contributed by atoms with E-state index >= 15 is 0 Å². The van der Waals surface area contributed by atoms with Gasteiger partial charge < -0.3 is 10.2 Å². The monoisotopic (exact) mass is 212 g/mol. The van der Waals surface area contributed by atoms with Gasteiger partial charge in [-0.3, -0.25) is 0 Å². The van der Waals surface area contributed by atoms with E-state index in [4.69, 9.17) is 0 Å². The van der Waals surface area contributed by atoms with Crippen molar-refractivity contribution in [3.05, 3.63) is 22.4 Å². The quantitative estimate of drug-likeness (QED) is 0.778. The Hall–Kier alpha value is -0.380. The van der Waals surface area contributed by atoms with Crippen LogP contribution in [0.1, 0.15) is 25.5 Å². The Morgan fingerprint density at radius 3 is 2.93 bits per heavy atom. The molecule has 1 rings (SSSR count). The van der Waals surface area contributed by atoms with Gasteiger partial charge in [0.25, 0.3) is 0 Å². The van der Waals surface area contributed by atoms with Gasteiger partial charge >= 0.3 is 0 Å². The largest absolute Gasteiger partial charge is 0.309 e. The lowest BCUT2D eigenvalue weighted by Crippen LogP contribution is -2.30. The fourth-order valence-corrected chi connectivity index (χ4v) is 2.02. The molecule has 1 aromatic rings. The van der Waals surface area contributed by atoms with Gasteiger partial charge in [0.1, 0.15) is 0 Å². The van der Waals surface area contributed by atoms with E-state index in [1.54, 1.807) is 11.3 Å². The number of thiophene rings is 1. The van der Waals surface area contributed by atoms with Crippen molar-refractivity contribution in [3.63, 3.8) is 0 Å². The second-order valence-corrected chi connectivity index (χ2v) is 4.41. The molecule has 0 fully saturated rings. The van der Waals surface area contributed by atoms with E-state index in [9.17, 15) is 0 Å². The fraction of sp³-hybridized carbons (Fsp3) is 0.636. The van der Waals surface area contributed by atoms with Gasteiger partial charge in [-0.05, 0) is 42.9 Å². The van der Waals surface area contributed by atoms with Crippen molar-refractivity contribution in [3.8, 4) is 0 Å². The maximum absolute atomic E-state index is 3.52. The molecule has 0 aromatic carbocycles. The molecule has 1 atom stereocenters. The highest BCUT2D eigenvalue weighted by molar-refractivity contribution is 7.07. The van der Waals surface area contributed by atoms with Gasteiger partial charge in [0.15, 0.2) is 0 Å². The lowest BCUT2D eigenvalue weighted by molar-refractivity contribution is 0.342. The summed E-state index contributed by atoms with van der Waals surface area (Å²) in [5.74, 6) is 0. The molecule has 14 heavy (non-hydrogen) atoms. The Morgan fingerprint density at radius 1 is 1.57 bits per heavy atom. The molecule has 0 aliphatic rings. The van der Waals surface area contributed by atoms with Gasteiger partial charge in [-0.15, -0.1) is 0 Å². The second kappa shape index (κ2) is 6.17. The van der Waals surface area contributed by atoms with Gasteiger partial charge in [-0.1, -0.05) is 6.92 Å². The molecule has 0 saturated heterocycles. The number of hydrogen-bond donors (Lipinski definition) is 1. The van der Waals surface area contributed by atoms with Crippen LogP contribution >= 0.6 is 11.3 Å². The summed E-state index contributed by atoms with van der Waals surface area (Å²) in [6, 6.07) is 2.66. The van der Waals surface area contributed by atoms with Crippen molar-refractivity contribution in [2.24, 2.45) is 0 Å². The summed E-state index contributed by atoms with van der Waals surface area (Å²) in [5, 5.41) is 7.86. The predicted octanol–water partition coefficient (Wildman–Crippen LogP) is 2.35. The summed E-state index contributed by atoms with van der Waals surface area (Å²) in [5.41, 5.74) is 1.40. The van der Waals surface area contributed by atoms with E-state index in [-0.39, 0.29) is 0 Å². The number of rotatable bonds is 6. The Morgan fingerprint density at radius 2 is 2.36 bits per heavy atom. The Kier molecular flexibility index (Phi) is 5.15. The van der Waals surface area contributed by atoms with Crippen molar-refractivity contribution >= 4 is 11.3 Å². The topological polar surface area (TPSA) is 15.3 Å². The van der Waals surface area contributed by atoms with Gasteiger partial charge in [0.2, 0.25) is 0 Å². The van der Waals surface area contributed by atoms with Crippen LogP contribution in [-0.4, -0.2) is 31.6 Å². The van der Waals surface area contributed by atoms with Gasteiger partial charge in [0.05, 0.1) is 0 Å². The van der Waals surface area contributed by atoms with Crippen LogP contribution < -0.4 is 5.32 Å². The maximum atomic E-state index is 3.52. The van der Waals surface area contributed by atoms with E-state index in [0.717, 1.165) is 19.6 Å². The maximum Gasteiger partial charge on any atom is 0.0300 e. The lowest BCUT2D eigenvalue weighted by Gasteiger charge is -2.17. The summed E-state index contributed by atoms with van der Waals surface area (Å²) in [4.78, 5) is 2.31. The SMILES string of the molecule is CCN(C)CCNC(C)c1ccsc1. The smallest absolute Gasteiger partial charge is 0.0300 e. The first-order valence-electron chi connectivity index (χ1n) is 5.18. The summed E-state index contributed by atoms with van der Waals surface area (Å²) in [6.07, 6.45) is 0. The van der Waals surface area contributed by atoms with Crippen LogP contribution in [0, 0.1) is 0 Å². The molecule has 2 nitrogen and oxygen atoms in total. The minimum atomic E-state index is 0.478. The highest BCUT2D eigenvalue weighted by Gasteiger charge is 2.04. The van der Waals surface area contributed by atoms with Crippen LogP contribution in [0.2, 0.25) is 0 Å². The summed E-state index contributed by atoms with van der Waals surface area (Å²) < 4.78 is 0. The minimum absolute atomic E-state index is 0.478. The molecule has 1 N–H and O–H groups in total. The van der Waals surface area contributed by atoms with Crippen LogP contribution in [0.25, 0.3) is 0 Å². The normalized spacial score (nSPS) is 13.4. The molecule has 1 aromatic heterocycles. The third-order valence-electron chi connectivity index (χ3n) is 2.53. The zero-order valence-electron chi connectivity index (χ0n) is 9.29. The van der Waals surface area contributed by atoms with Crippen molar-refractivity contribution in [2.75, 3.05) is 26.7 Å². The van der Waals surface area contributed by atoms with Crippen LogP contribution in [0.3, 0.4) is 0 Å². The van der Waals surface area contributed by atoms with E-state index in [2.05, 4.69) is 47.9 Å². The van der Waals surface area contributed by atoms with Crippen molar-refractivity contribution in [1.82, 2.24) is 10.2 Å². The van der Waals surface area contributed by atoms with Crippen LogP contribution in [-0.2, 0) is 0 Å². The summed E-state index contributed by atoms with van der Waals surface area (Å²) in [7, 11) is 2.15. The molecule has 1 unspecified atom stereocenters. The van der Waals surface area contributed by atoms with E-state index in [1.165, 1.54) is 5.56 Å². The molecular weight excluding hydrogens is 192 g/mol. The van der Waals surface area contributed by atoms with E-state index < -0.39 is 0 Å². The third-order valence-corrected chi connectivity index (χ3v) is 3.23. The van der Waals surface area contributed by atoms with Crippen molar-refractivity contribution < 1.29 is 0 Å². The average molecular weight is 212 g/mol. The number of hydrogen-bond acceptors (Lipinski definition) is 3. The van der Waals surface area contributed by atoms with Crippen LogP contribution in [0.4, 0.5) is 0 Å². The molecule has 0 radical (unpaired) electrons. The van der Waals surface area contributed by atoms with Gasteiger partial charge in [-0.2, -0.15) is 11.3 Å². The van der Waals surface area contributed by atoms with E-state index in [0.29, 0.717) is 6.04 Å². The van der Waals surface area contributed by atoms with E-state index in [1.807, 2.05) is 0 Å². The minimum Gasteiger partial charge on any atom is -0.309 e. The Labute approximate surface area is 90.9 Å². The molecular formula is C11H20N2S. The van der Waals surface area contributed by atoms with Crippen molar-refractivity contribution in [2.45, 2.75) is 19.9 Å². The van der Waals surface area contributed by atoms with Crippen LogP contribution in [0.5, 0.6) is 0 Å². The number of likely N-dealkylation sites (N-methyl/N-ethyl adjacent to an activating group) is 1. The van der Waals surface area contributed by atoms with Crippen LogP contribution in [0.15, 0.2) is 16.8 Å². The molecule has 80 valence electrons. The molecule has 0 aliphatic carbocycles. The first-order valence-corrected chi connectivity index (χ1v) is 6.12. The zero-order chi connectivity index (χ0) is 10.4. The predicted molar refractivity (Wildman–Crippen MR) is 63.9 cm³/mol. The molecule has 0 bridgehead atoms. The highest BCUT2D eigenvalue weighted by Crippen LogP contribution is 2.14. The molecule has 3 heteroatoms. The van der Waals surface area contributed by atoms with Crippen molar-refractivity contribution in [1.29, 1.82) is 0 Å². The number of nitrogens with zero attached hydrogens (tertiary/aromatic N) is 1. The second-order valence-electron chi connectivity index (χ2n) is 3.63. The standard InChI is InChI=1S/C11H20N2S/c1-4-13(3)7-6-12-10(2)11-5-8-14-9-11/h5,8-10,12H,4,6-7H2,1-3H3. The molecule has 1 heterocycles. The average Bonchev–Trinajstić information content (AvgIpc) is 2.70. The fourth-order valence-electron chi connectivity index (χ4n) is 1.27. The Balaban J connectivity index is 2.19. The lowest BCUT2D eigenvalue weighted by atomic mass is 10.2.